The first kappa shape index (κ1) is 20.4. The Kier molecular flexibility index (Phi) is 7.58. The van der Waals surface area contributed by atoms with Gasteiger partial charge < -0.3 is 14.6 Å². The highest BCUT2D eigenvalue weighted by Crippen LogP contribution is 2.34. The van der Waals surface area contributed by atoms with E-state index < -0.39 is 0 Å². The van der Waals surface area contributed by atoms with Crippen LogP contribution in [0.4, 0.5) is 0 Å². The fourth-order valence-electron chi connectivity index (χ4n) is 2.50. The molecule has 0 unspecified atom stereocenters. The molecule has 0 heterocycles. The molecule has 0 fully saturated rings. The van der Waals surface area contributed by atoms with Crippen LogP contribution < -0.4 is 9.47 Å². The van der Waals surface area contributed by atoms with Crippen molar-refractivity contribution >= 4 is 22.0 Å². The van der Waals surface area contributed by atoms with Gasteiger partial charge >= 0.3 is 0 Å². The zero-order chi connectivity index (χ0) is 19.1. The first-order valence-electron chi connectivity index (χ1n) is 8.96. The second-order valence-electron chi connectivity index (χ2n) is 6.76. The minimum atomic E-state index is 0.0153. The summed E-state index contributed by atoms with van der Waals surface area (Å²) in [5.74, 6) is 1.56. The molecule has 140 valence electrons. The van der Waals surface area contributed by atoms with Crippen molar-refractivity contribution in [1.82, 2.24) is 0 Å². The monoisotopic (exact) mass is 418 g/mol. The summed E-state index contributed by atoms with van der Waals surface area (Å²) < 4.78 is 12.1. The molecule has 0 aliphatic rings. The Morgan fingerprint density at radius 3 is 2.27 bits per heavy atom. The zero-order valence-corrected chi connectivity index (χ0v) is 17.4. The van der Waals surface area contributed by atoms with E-state index in [9.17, 15) is 5.11 Å². The van der Waals surface area contributed by atoms with Crippen molar-refractivity contribution in [2.24, 2.45) is 0 Å². The number of hydrogen-bond acceptors (Lipinski definition) is 3. The van der Waals surface area contributed by atoms with Crippen LogP contribution in [0, 0.1) is 0 Å². The molecule has 0 aromatic heterocycles. The number of ether oxygens (including phenoxy) is 2. The second-order valence-corrected chi connectivity index (χ2v) is 7.61. The molecule has 3 nitrogen and oxygen atoms in total. The Morgan fingerprint density at radius 1 is 1.00 bits per heavy atom. The number of hydrogen-bond donors (Lipinski definition) is 1. The highest BCUT2D eigenvalue weighted by atomic mass is 79.9. The summed E-state index contributed by atoms with van der Waals surface area (Å²) in [5.41, 5.74) is 2.26. The normalized spacial score (nSPS) is 11.5. The third-order valence-electron chi connectivity index (χ3n) is 3.63. The quantitative estimate of drug-likeness (QED) is 0.540. The Hall–Kier alpha value is -1.94. The van der Waals surface area contributed by atoms with E-state index in [4.69, 9.17) is 9.47 Å². The maximum atomic E-state index is 9.97. The molecule has 0 bridgehead atoms. The molecular formula is C22H27BrO3. The Labute approximate surface area is 164 Å². The number of aryl methyl sites for hydroxylation is 1. The summed E-state index contributed by atoms with van der Waals surface area (Å²) in [7, 11) is 0. The van der Waals surface area contributed by atoms with Crippen LogP contribution in [0.1, 0.15) is 45.2 Å². The van der Waals surface area contributed by atoms with Crippen molar-refractivity contribution in [3.8, 4) is 17.2 Å². The first-order valence-corrected chi connectivity index (χ1v) is 9.75. The van der Waals surface area contributed by atoms with Crippen molar-refractivity contribution < 1.29 is 14.6 Å². The van der Waals surface area contributed by atoms with E-state index in [1.807, 2.05) is 52.0 Å². The van der Waals surface area contributed by atoms with Crippen molar-refractivity contribution in [3.63, 3.8) is 0 Å². The molecule has 2 aromatic carbocycles. The molecule has 1 N–H and O–H groups in total. The lowest BCUT2D eigenvalue weighted by Gasteiger charge is -2.13. The highest BCUT2D eigenvalue weighted by Gasteiger charge is 2.08. The zero-order valence-electron chi connectivity index (χ0n) is 15.8. The fourth-order valence-corrected chi connectivity index (χ4v) is 2.97. The van der Waals surface area contributed by atoms with Crippen LogP contribution in [0.2, 0.25) is 0 Å². The minimum Gasteiger partial charge on any atom is -0.504 e. The molecule has 0 saturated heterocycles. The predicted octanol–water partition coefficient (Wildman–Crippen LogP) is 6.38. The smallest absolute Gasteiger partial charge is 0.161 e. The van der Waals surface area contributed by atoms with E-state index in [0.717, 1.165) is 28.6 Å². The number of phenolic OH excluding ortho intramolecular Hbond substituents is 1. The summed E-state index contributed by atoms with van der Waals surface area (Å²) in [4.78, 5) is 0. The molecule has 2 rings (SSSR count). The number of rotatable bonds is 8. The number of phenols is 1. The third-order valence-corrected chi connectivity index (χ3v) is 4.32. The van der Waals surface area contributed by atoms with Crippen LogP contribution in [0.3, 0.4) is 0 Å². The standard InChI is InChI=1S/C22H27BrO3/c1-15(2)25-19-11-9-17(10-12-19)7-5-6-8-18-13-22(26-16(3)4)21(24)14-20(18)23/h6,8-16,24H,5,7H2,1-4H3/b8-6+. The second kappa shape index (κ2) is 9.67. The summed E-state index contributed by atoms with van der Waals surface area (Å²) >= 11 is 3.49. The predicted molar refractivity (Wildman–Crippen MR) is 111 cm³/mol. The minimum absolute atomic E-state index is 0.0153. The number of allylic oxidation sites excluding steroid dienone is 1. The van der Waals surface area contributed by atoms with Crippen LogP contribution in [0.15, 0.2) is 46.9 Å². The molecule has 0 atom stereocenters. The van der Waals surface area contributed by atoms with Gasteiger partial charge in [-0.15, -0.1) is 0 Å². The average molecular weight is 419 g/mol. The van der Waals surface area contributed by atoms with Crippen molar-refractivity contribution in [3.05, 3.63) is 58.1 Å². The number of benzene rings is 2. The molecule has 4 heteroatoms. The van der Waals surface area contributed by atoms with Crippen LogP contribution in [0.5, 0.6) is 17.2 Å². The summed E-state index contributed by atoms with van der Waals surface area (Å²) in [6.45, 7) is 7.93. The van der Waals surface area contributed by atoms with Gasteiger partial charge in [0.25, 0.3) is 0 Å². The highest BCUT2D eigenvalue weighted by molar-refractivity contribution is 9.10. The third kappa shape index (κ3) is 6.41. The Balaban J connectivity index is 1.95. The van der Waals surface area contributed by atoms with Gasteiger partial charge in [0.2, 0.25) is 0 Å². The van der Waals surface area contributed by atoms with Gasteiger partial charge in [-0.05, 0) is 75.9 Å². The Morgan fingerprint density at radius 2 is 1.65 bits per heavy atom. The van der Waals surface area contributed by atoms with Gasteiger partial charge in [-0.2, -0.15) is 0 Å². The molecular weight excluding hydrogens is 392 g/mol. The fraction of sp³-hybridized carbons (Fsp3) is 0.364. The van der Waals surface area contributed by atoms with Gasteiger partial charge in [0, 0.05) is 4.47 Å². The first-order chi connectivity index (χ1) is 12.3. The van der Waals surface area contributed by atoms with E-state index in [-0.39, 0.29) is 18.0 Å². The van der Waals surface area contributed by atoms with Crippen molar-refractivity contribution in [2.45, 2.75) is 52.7 Å². The lowest BCUT2D eigenvalue weighted by atomic mass is 10.1. The van der Waals surface area contributed by atoms with Gasteiger partial charge in [0.1, 0.15) is 5.75 Å². The SMILES string of the molecule is CC(C)Oc1ccc(CC/C=C/c2cc(OC(C)C)c(O)cc2Br)cc1. The van der Waals surface area contributed by atoms with E-state index in [1.165, 1.54) is 5.56 Å². The molecule has 0 radical (unpaired) electrons. The van der Waals surface area contributed by atoms with E-state index in [0.29, 0.717) is 5.75 Å². The van der Waals surface area contributed by atoms with Crippen LogP contribution >= 0.6 is 15.9 Å². The van der Waals surface area contributed by atoms with Crippen LogP contribution in [0.25, 0.3) is 6.08 Å². The van der Waals surface area contributed by atoms with Crippen LogP contribution in [-0.4, -0.2) is 17.3 Å². The molecule has 0 aliphatic carbocycles. The summed E-state index contributed by atoms with van der Waals surface area (Å²) in [5, 5.41) is 9.97. The summed E-state index contributed by atoms with van der Waals surface area (Å²) in [6.07, 6.45) is 6.28. The van der Waals surface area contributed by atoms with E-state index in [2.05, 4.69) is 34.1 Å². The van der Waals surface area contributed by atoms with Crippen molar-refractivity contribution in [2.75, 3.05) is 0 Å². The topological polar surface area (TPSA) is 38.7 Å². The molecule has 2 aromatic rings. The Bertz CT molecular complexity index is 734. The maximum absolute atomic E-state index is 9.97. The van der Waals surface area contributed by atoms with Gasteiger partial charge in [0.15, 0.2) is 11.5 Å². The van der Waals surface area contributed by atoms with Crippen molar-refractivity contribution in [1.29, 1.82) is 0 Å². The molecule has 0 aliphatic heterocycles. The molecule has 26 heavy (non-hydrogen) atoms. The molecule has 0 saturated carbocycles. The maximum Gasteiger partial charge on any atom is 0.161 e. The largest absolute Gasteiger partial charge is 0.504 e. The van der Waals surface area contributed by atoms with E-state index >= 15 is 0 Å². The molecule has 0 spiro atoms. The van der Waals surface area contributed by atoms with E-state index in [1.54, 1.807) is 6.07 Å². The van der Waals surface area contributed by atoms with Gasteiger partial charge in [-0.1, -0.05) is 40.2 Å². The average Bonchev–Trinajstić information content (AvgIpc) is 2.56. The molecule has 0 amide bonds. The van der Waals surface area contributed by atoms with Gasteiger partial charge in [-0.25, -0.2) is 0 Å². The lowest BCUT2D eigenvalue weighted by molar-refractivity contribution is 0.232. The number of aromatic hydroxyl groups is 1. The van der Waals surface area contributed by atoms with Crippen LogP contribution in [-0.2, 0) is 6.42 Å². The lowest BCUT2D eigenvalue weighted by Crippen LogP contribution is -2.05. The van der Waals surface area contributed by atoms with Gasteiger partial charge in [0.05, 0.1) is 12.2 Å². The summed E-state index contributed by atoms with van der Waals surface area (Å²) in [6, 6.07) is 11.8. The van der Waals surface area contributed by atoms with Gasteiger partial charge in [-0.3, -0.25) is 0 Å². The number of halogens is 1.